The van der Waals surface area contributed by atoms with Crippen LogP contribution in [0.25, 0.3) is 0 Å². The van der Waals surface area contributed by atoms with Gasteiger partial charge in [0, 0.05) is 19.3 Å². The lowest BCUT2D eigenvalue weighted by atomic mass is 10.1. The van der Waals surface area contributed by atoms with Crippen LogP contribution in [0.4, 0.5) is 0 Å². The summed E-state index contributed by atoms with van der Waals surface area (Å²) in [6.07, 6.45) is 63.9. The van der Waals surface area contributed by atoms with E-state index in [1.807, 2.05) is 60.8 Å². The zero-order valence-corrected chi connectivity index (χ0v) is 39.4. The number of ether oxygens (including phenoxy) is 3. The highest BCUT2D eigenvalue weighted by Crippen LogP contribution is 2.13. The summed E-state index contributed by atoms with van der Waals surface area (Å²) >= 11 is 0. The second-order valence-electron chi connectivity index (χ2n) is 16.1. The topological polar surface area (TPSA) is 78.9 Å². The molecule has 0 rings (SSSR count). The van der Waals surface area contributed by atoms with Crippen molar-refractivity contribution in [2.24, 2.45) is 0 Å². The van der Waals surface area contributed by atoms with Gasteiger partial charge in [-0.1, -0.05) is 208 Å². The lowest BCUT2D eigenvalue weighted by molar-refractivity contribution is -0.167. The molecule has 0 saturated heterocycles. The Hall–Kier alpha value is -3.67. The smallest absolute Gasteiger partial charge is 0.306 e. The van der Waals surface area contributed by atoms with Crippen LogP contribution in [-0.4, -0.2) is 37.2 Å². The molecule has 346 valence electrons. The standard InChI is InChI=1S/C55H90O6/c1-4-7-10-13-16-19-22-24-26-28-30-31-33-36-39-42-45-48-54(57)60-51-52(50-59-53(56)47-44-41-38-35-21-18-15-12-9-6-3)61-55(58)49-46-43-40-37-34-32-29-27-25-23-20-17-14-11-8-5-2/h7,10,13,15-16,18-19,22,24,26-31,33,52H,4-6,8-9,11-12,14,17,20-21,23,25,32,34-51H2,1-3H3/b10-7-,16-13-,18-15-,22-19-,26-24-,29-27-,30-28+,33-31-. The third-order valence-electron chi connectivity index (χ3n) is 10.2. The number of carbonyl (C=O) groups is 3. The molecule has 6 heteroatoms. The van der Waals surface area contributed by atoms with Crippen LogP contribution in [0.5, 0.6) is 0 Å². The van der Waals surface area contributed by atoms with Gasteiger partial charge in [0.15, 0.2) is 6.10 Å². The number of hydrogen-bond donors (Lipinski definition) is 0. The largest absolute Gasteiger partial charge is 0.462 e. The predicted molar refractivity (Wildman–Crippen MR) is 260 cm³/mol. The summed E-state index contributed by atoms with van der Waals surface area (Å²) in [7, 11) is 0. The summed E-state index contributed by atoms with van der Waals surface area (Å²) in [5.74, 6) is -0.974. The van der Waals surface area contributed by atoms with E-state index < -0.39 is 6.10 Å². The fraction of sp³-hybridized carbons (Fsp3) is 0.655. The van der Waals surface area contributed by atoms with Gasteiger partial charge in [0.2, 0.25) is 0 Å². The summed E-state index contributed by atoms with van der Waals surface area (Å²) in [5, 5.41) is 0. The second kappa shape index (κ2) is 49.0. The fourth-order valence-electron chi connectivity index (χ4n) is 6.45. The Kier molecular flexibility index (Phi) is 46.0. The van der Waals surface area contributed by atoms with Crippen molar-refractivity contribution >= 4 is 17.9 Å². The van der Waals surface area contributed by atoms with Crippen LogP contribution >= 0.6 is 0 Å². The van der Waals surface area contributed by atoms with Crippen LogP contribution in [-0.2, 0) is 28.6 Å². The molecule has 0 aliphatic carbocycles. The molecule has 0 aromatic heterocycles. The van der Waals surface area contributed by atoms with E-state index in [0.717, 1.165) is 103 Å². The lowest BCUT2D eigenvalue weighted by Gasteiger charge is -2.18. The first kappa shape index (κ1) is 57.3. The summed E-state index contributed by atoms with van der Waals surface area (Å²) in [6.45, 7) is 6.37. The number of rotatable bonds is 43. The average molecular weight is 847 g/mol. The normalized spacial score (nSPS) is 12.9. The number of esters is 3. The molecule has 0 aliphatic heterocycles. The molecule has 0 radical (unpaired) electrons. The maximum atomic E-state index is 12.8. The molecule has 0 fully saturated rings. The lowest BCUT2D eigenvalue weighted by Crippen LogP contribution is -2.30. The molecule has 0 amide bonds. The number of unbranched alkanes of at least 4 members (excludes halogenated alkanes) is 21. The molecule has 0 aromatic carbocycles. The fourth-order valence-corrected chi connectivity index (χ4v) is 6.45. The van der Waals surface area contributed by atoms with Gasteiger partial charge in [0.1, 0.15) is 13.2 Å². The van der Waals surface area contributed by atoms with Gasteiger partial charge >= 0.3 is 17.9 Å². The van der Waals surface area contributed by atoms with Gasteiger partial charge in [0.25, 0.3) is 0 Å². The van der Waals surface area contributed by atoms with Crippen LogP contribution in [0.2, 0.25) is 0 Å². The molecule has 61 heavy (non-hydrogen) atoms. The highest BCUT2D eigenvalue weighted by atomic mass is 16.6. The molecule has 0 N–H and O–H groups in total. The Bertz CT molecular complexity index is 1250. The highest BCUT2D eigenvalue weighted by Gasteiger charge is 2.19. The SMILES string of the molecule is CC\C=C/C=C\C=C/C=C\C=C\C=C/CCCCCC(=O)OCC(COC(=O)CCCCCC/C=C\CCCC)OC(=O)CCCCCCC/C=C\CCCCCCCCC. The molecule has 6 nitrogen and oxygen atoms in total. The maximum Gasteiger partial charge on any atom is 0.306 e. The minimum Gasteiger partial charge on any atom is -0.462 e. The Labute approximate surface area is 375 Å². The Morgan fingerprint density at radius 3 is 1.11 bits per heavy atom. The summed E-state index contributed by atoms with van der Waals surface area (Å²) in [6, 6.07) is 0. The van der Waals surface area contributed by atoms with Crippen molar-refractivity contribution in [1.29, 1.82) is 0 Å². The highest BCUT2D eigenvalue weighted by molar-refractivity contribution is 5.71. The number of carbonyl (C=O) groups excluding carboxylic acids is 3. The van der Waals surface area contributed by atoms with Crippen LogP contribution in [0, 0.1) is 0 Å². The van der Waals surface area contributed by atoms with E-state index in [-0.39, 0.29) is 31.1 Å². The Balaban J connectivity index is 4.49. The summed E-state index contributed by atoms with van der Waals surface area (Å²) < 4.78 is 16.7. The van der Waals surface area contributed by atoms with Gasteiger partial charge in [-0.15, -0.1) is 0 Å². The average Bonchev–Trinajstić information content (AvgIpc) is 3.26. The molecular formula is C55H90O6. The van der Waals surface area contributed by atoms with Crippen molar-refractivity contribution in [2.45, 2.75) is 219 Å². The first-order chi connectivity index (χ1) is 30.0. The van der Waals surface area contributed by atoms with Crippen LogP contribution < -0.4 is 0 Å². The molecule has 0 bridgehead atoms. The predicted octanol–water partition coefficient (Wildman–Crippen LogP) is 16.2. The van der Waals surface area contributed by atoms with Crippen molar-refractivity contribution in [1.82, 2.24) is 0 Å². The van der Waals surface area contributed by atoms with E-state index in [9.17, 15) is 14.4 Å². The van der Waals surface area contributed by atoms with E-state index in [1.54, 1.807) is 0 Å². The van der Waals surface area contributed by atoms with E-state index in [4.69, 9.17) is 14.2 Å². The maximum absolute atomic E-state index is 12.8. The van der Waals surface area contributed by atoms with Crippen molar-refractivity contribution in [3.63, 3.8) is 0 Å². The molecule has 0 aromatic rings. The minimum absolute atomic E-state index is 0.103. The molecule has 0 saturated carbocycles. The zero-order valence-electron chi connectivity index (χ0n) is 39.4. The van der Waals surface area contributed by atoms with Crippen molar-refractivity contribution in [3.8, 4) is 0 Å². The second-order valence-corrected chi connectivity index (χ2v) is 16.1. The Morgan fingerprint density at radius 2 is 0.672 bits per heavy atom. The van der Waals surface area contributed by atoms with Gasteiger partial charge in [-0.2, -0.15) is 0 Å². The van der Waals surface area contributed by atoms with Crippen molar-refractivity contribution in [3.05, 3.63) is 97.2 Å². The first-order valence-electron chi connectivity index (χ1n) is 24.8. The van der Waals surface area contributed by atoms with Gasteiger partial charge in [-0.05, 0) is 83.5 Å². The third-order valence-corrected chi connectivity index (χ3v) is 10.2. The van der Waals surface area contributed by atoms with Gasteiger partial charge < -0.3 is 14.2 Å². The van der Waals surface area contributed by atoms with E-state index >= 15 is 0 Å². The Morgan fingerprint density at radius 1 is 0.344 bits per heavy atom. The molecule has 0 heterocycles. The van der Waals surface area contributed by atoms with Crippen LogP contribution in [0.1, 0.15) is 213 Å². The van der Waals surface area contributed by atoms with Gasteiger partial charge in [-0.25, -0.2) is 0 Å². The zero-order chi connectivity index (χ0) is 44.4. The molecule has 0 aliphatic rings. The van der Waals surface area contributed by atoms with Gasteiger partial charge in [-0.3, -0.25) is 14.4 Å². The summed E-state index contributed by atoms with van der Waals surface area (Å²) in [5.41, 5.74) is 0. The van der Waals surface area contributed by atoms with E-state index in [0.29, 0.717) is 19.3 Å². The van der Waals surface area contributed by atoms with Crippen LogP contribution in [0.15, 0.2) is 97.2 Å². The van der Waals surface area contributed by atoms with Crippen LogP contribution in [0.3, 0.4) is 0 Å². The van der Waals surface area contributed by atoms with Crippen molar-refractivity contribution in [2.75, 3.05) is 13.2 Å². The third kappa shape index (κ3) is 47.2. The van der Waals surface area contributed by atoms with Crippen molar-refractivity contribution < 1.29 is 28.6 Å². The first-order valence-corrected chi connectivity index (χ1v) is 24.8. The van der Waals surface area contributed by atoms with Gasteiger partial charge in [0.05, 0.1) is 0 Å². The monoisotopic (exact) mass is 847 g/mol. The molecule has 1 atom stereocenters. The number of allylic oxidation sites excluding steroid dienone is 16. The van der Waals surface area contributed by atoms with E-state index in [2.05, 4.69) is 57.2 Å². The quantitative estimate of drug-likeness (QED) is 0.0200. The summed E-state index contributed by atoms with van der Waals surface area (Å²) in [4.78, 5) is 37.9. The number of hydrogen-bond acceptors (Lipinski definition) is 6. The minimum atomic E-state index is -0.804. The molecule has 0 spiro atoms. The van der Waals surface area contributed by atoms with E-state index in [1.165, 1.54) is 70.6 Å². The molecular weight excluding hydrogens is 757 g/mol. The molecule has 1 unspecified atom stereocenters.